The van der Waals surface area contributed by atoms with Gasteiger partial charge in [-0.05, 0) is 12.8 Å². The summed E-state index contributed by atoms with van der Waals surface area (Å²) in [6, 6.07) is 3.84. The first-order valence-corrected chi connectivity index (χ1v) is 6.66. The van der Waals surface area contributed by atoms with Crippen LogP contribution in [0.5, 0.6) is 0 Å². The molecule has 8 heteroatoms. The van der Waals surface area contributed by atoms with E-state index in [1.807, 2.05) is 0 Å². The van der Waals surface area contributed by atoms with Gasteiger partial charge < -0.3 is 5.32 Å². The molecule has 0 amide bonds. The van der Waals surface area contributed by atoms with E-state index in [2.05, 4.69) is 5.32 Å². The van der Waals surface area contributed by atoms with Crippen LogP contribution in [-0.2, 0) is 0 Å². The minimum atomic E-state index is -0.695. The average molecular weight is 290 g/mol. The zero-order valence-electron chi connectivity index (χ0n) is 11.2. The molecule has 1 aromatic rings. The van der Waals surface area contributed by atoms with Crippen molar-refractivity contribution in [2.75, 3.05) is 5.32 Å². The molecule has 21 heavy (non-hydrogen) atoms. The van der Waals surface area contributed by atoms with Crippen molar-refractivity contribution in [3.05, 3.63) is 37.9 Å². The van der Waals surface area contributed by atoms with Crippen LogP contribution in [-0.4, -0.2) is 15.9 Å². The van der Waals surface area contributed by atoms with Gasteiger partial charge in [0, 0.05) is 18.2 Å². The van der Waals surface area contributed by atoms with Crippen LogP contribution in [0.1, 0.15) is 37.7 Å². The topological polar surface area (TPSA) is 122 Å². The van der Waals surface area contributed by atoms with Gasteiger partial charge in [-0.25, -0.2) is 0 Å². The van der Waals surface area contributed by atoms with Crippen LogP contribution in [0.3, 0.4) is 0 Å². The highest BCUT2D eigenvalue weighted by Gasteiger charge is 2.29. The van der Waals surface area contributed by atoms with E-state index in [1.54, 1.807) is 6.07 Å². The lowest BCUT2D eigenvalue weighted by molar-refractivity contribution is -0.392. The number of nitro benzene ring substituents is 2. The van der Waals surface area contributed by atoms with E-state index in [4.69, 9.17) is 5.26 Å². The first kappa shape index (κ1) is 14.7. The fourth-order valence-corrected chi connectivity index (χ4v) is 2.56. The van der Waals surface area contributed by atoms with E-state index in [0.717, 1.165) is 44.2 Å². The Morgan fingerprint density at radius 1 is 1.10 bits per heavy atom. The lowest BCUT2D eigenvalue weighted by atomic mass is 9.95. The van der Waals surface area contributed by atoms with E-state index < -0.39 is 21.2 Å². The zero-order valence-corrected chi connectivity index (χ0v) is 11.2. The smallest absolute Gasteiger partial charge is 0.300 e. The summed E-state index contributed by atoms with van der Waals surface area (Å²) in [6.45, 7) is 0. The highest BCUT2D eigenvalue weighted by Crippen LogP contribution is 2.37. The molecule has 8 nitrogen and oxygen atoms in total. The van der Waals surface area contributed by atoms with Crippen LogP contribution in [0.25, 0.3) is 0 Å². The minimum Gasteiger partial charge on any atom is -0.371 e. The summed E-state index contributed by atoms with van der Waals surface area (Å²) in [5.74, 6) is 0. The first-order chi connectivity index (χ1) is 10.0. The molecule has 1 N–H and O–H groups in total. The molecule has 0 aromatic heterocycles. The molecule has 2 rings (SSSR count). The predicted molar refractivity (Wildman–Crippen MR) is 75.0 cm³/mol. The molecule has 0 aliphatic heterocycles. The van der Waals surface area contributed by atoms with Gasteiger partial charge in [-0.3, -0.25) is 20.2 Å². The lowest BCUT2D eigenvalue weighted by Crippen LogP contribution is -2.23. The van der Waals surface area contributed by atoms with Gasteiger partial charge in [0.05, 0.1) is 21.5 Å². The maximum atomic E-state index is 11.1. The number of rotatable bonds is 4. The molecule has 1 aliphatic rings. The van der Waals surface area contributed by atoms with Gasteiger partial charge in [0.2, 0.25) is 0 Å². The number of benzene rings is 1. The Hall–Kier alpha value is -2.69. The van der Waals surface area contributed by atoms with Gasteiger partial charge >= 0.3 is 11.4 Å². The maximum Gasteiger partial charge on any atom is 0.300 e. The number of hydrogen-bond acceptors (Lipinski definition) is 6. The SMILES string of the molecule is N#Cc1cc([N+](=O)[O-])c(NC2CCCCC2)c([N+](=O)[O-])c1. The molecule has 0 unspecified atom stereocenters. The molecule has 0 atom stereocenters. The standard InChI is InChI=1S/C13H14N4O4/c14-8-9-6-11(16(18)19)13(12(7-9)17(20)21)15-10-4-2-1-3-5-10/h6-7,10,15H,1-5H2. The third-order valence-electron chi connectivity index (χ3n) is 3.57. The number of nitrogens with one attached hydrogen (secondary N) is 1. The summed E-state index contributed by atoms with van der Waals surface area (Å²) in [4.78, 5) is 20.9. The Morgan fingerprint density at radius 3 is 2.05 bits per heavy atom. The molecule has 0 saturated heterocycles. The molecule has 1 saturated carbocycles. The van der Waals surface area contributed by atoms with Gasteiger partial charge in [-0.1, -0.05) is 19.3 Å². The normalized spacial score (nSPS) is 15.2. The van der Waals surface area contributed by atoms with Gasteiger partial charge in [0.1, 0.15) is 0 Å². The summed E-state index contributed by atoms with van der Waals surface area (Å²) < 4.78 is 0. The van der Waals surface area contributed by atoms with E-state index in [1.165, 1.54) is 0 Å². The van der Waals surface area contributed by atoms with E-state index >= 15 is 0 Å². The number of nitrogens with zero attached hydrogens (tertiary/aromatic N) is 3. The summed E-state index contributed by atoms with van der Waals surface area (Å²) in [7, 11) is 0. The van der Waals surface area contributed by atoms with Crippen molar-refractivity contribution in [1.29, 1.82) is 5.26 Å². The van der Waals surface area contributed by atoms with Gasteiger partial charge in [-0.2, -0.15) is 5.26 Å². The van der Waals surface area contributed by atoms with E-state index in [9.17, 15) is 20.2 Å². The molecule has 1 aromatic carbocycles. The summed E-state index contributed by atoms with van der Waals surface area (Å²) in [6.07, 6.45) is 4.75. The monoisotopic (exact) mass is 290 g/mol. The van der Waals surface area contributed by atoms with Gasteiger partial charge in [-0.15, -0.1) is 0 Å². The van der Waals surface area contributed by atoms with E-state index in [0.29, 0.717) is 0 Å². The third kappa shape index (κ3) is 3.25. The molecular formula is C13H14N4O4. The van der Waals surface area contributed by atoms with Crippen molar-refractivity contribution in [2.45, 2.75) is 38.1 Å². The Labute approximate surface area is 120 Å². The van der Waals surface area contributed by atoms with Crippen molar-refractivity contribution < 1.29 is 9.85 Å². The number of nitriles is 1. The number of nitro groups is 2. The Bertz CT molecular complexity index is 582. The molecule has 0 spiro atoms. The second-order valence-electron chi connectivity index (χ2n) is 4.99. The fourth-order valence-electron chi connectivity index (χ4n) is 2.56. The number of anilines is 1. The minimum absolute atomic E-state index is 0.0101. The fraction of sp³-hybridized carbons (Fsp3) is 0.462. The van der Waals surface area contributed by atoms with Crippen molar-refractivity contribution in [2.24, 2.45) is 0 Å². The largest absolute Gasteiger partial charge is 0.371 e. The zero-order chi connectivity index (χ0) is 15.4. The number of hydrogen-bond donors (Lipinski definition) is 1. The molecule has 0 heterocycles. The first-order valence-electron chi connectivity index (χ1n) is 6.66. The lowest BCUT2D eigenvalue weighted by Gasteiger charge is -2.23. The second-order valence-corrected chi connectivity index (χ2v) is 4.99. The Balaban J connectivity index is 2.47. The van der Waals surface area contributed by atoms with Crippen molar-refractivity contribution >= 4 is 17.1 Å². The summed E-state index contributed by atoms with van der Waals surface area (Å²) in [5.41, 5.74) is -1.05. The van der Waals surface area contributed by atoms with Crippen molar-refractivity contribution in [3.63, 3.8) is 0 Å². The predicted octanol–water partition coefficient (Wildman–Crippen LogP) is 3.12. The molecule has 1 aliphatic carbocycles. The maximum absolute atomic E-state index is 11.1. The molecule has 110 valence electrons. The van der Waals surface area contributed by atoms with Crippen LogP contribution in [0.4, 0.5) is 17.1 Å². The van der Waals surface area contributed by atoms with Gasteiger partial charge in [0.25, 0.3) is 0 Å². The second kappa shape index (κ2) is 6.17. The average Bonchev–Trinajstić information content (AvgIpc) is 2.47. The van der Waals surface area contributed by atoms with Crippen LogP contribution in [0.15, 0.2) is 12.1 Å². The van der Waals surface area contributed by atoms with Crippen LogP contribution < -0.4 is 5.32 Å². The molecular weight excluding hydrogens is 276 g/mol. The highest BCUT2D eigenvalue weighted by molar-refractivity contribution is 5.76. The Morgan fingerprint density at radius 2 is 1.62 bits per heavy atom. The van der Waals surface area contributed by atoms with Crippen LogP contribution >= 0.6 is 0 Å². The van der Waals surface area contributed by atoms with Gasteiger partial charge in [0.15, 0.2) is 5.69 Å². The molecule has 0 radical (unpaired) electrons. The summed E-state index contributed by atoms with van der Waals surface area (Å²) >= 11 is 0. The third-order valence-corrected chi connectivity index (χ3v) is 3.57. The quantitative estimate of drug-likeness (QED) is 0.671. The highest BCUT2D eigenvalue weighted by atomic mass is 16.6. The summed E-state index contributed by atoms with van der Waals surface area (Å²) in [5, 5.41) is 34.1. The van der Waals surface area contributed by atoms with Crippen molar-refractivity contribution in [3.8, 4) is 6.07 Å². The Kier molecular flexibility index (Phi) is 4.33. The van der Waals surface area contributed by atoms with E-state index in [-0.39, 0.29) is 17.3 Å². The van der Waals surface area contributed by atoms with Crippen LogP contribution in [0, 0.1) is 31.6 Å². The van der Waals surface area contributed by atoms with Crippen molar-refractivity contribution in [1.82, 2.24) is 0 Å². The molecule has 0 bridgehead atoms. The van der Waals surface area contributed by atoms with Crippen LogP contribution in [0.2, 0.25) is 0 Å². The molecule has 1 fully saturated rings.